The molecule has 4 heterocycles. The highest BCUT2D eigenvalue weighted by Crippen LogP contribution is 2.47. The molecule has 1 spiro atoms. The van der Waals surface area contributed by atoms with E-state index >= 15 is 0 Å². The Morgan fingerprint density at radius 3 is 2.40 bits per heavy atom. The molecule has 5 rings (SSSR count). The monoisotopic (exact) mass is 414 g/mol. The number of rotatable bonds is 3. The molecule has 30 heavy (non-hydrogen) atoms. The summed E-state index contributed by atoms with van der Waals surface area (Å²) in [6, 6.07) is 3.13. The second-order valence-corrected chi connectivity index (χ2v) is 8.31. The third kappa shape index (κ3) is 3.14. The zero-order chi connectivity index (χ0) is 20.9. The largest absolute Gasteiger partial charge is 0.342 e. The van der Waals surface area contributed by atoms with Crippen LogP contribution in [0.1, 0.15) is 49.8 Å². The van der Waals surface area contributed by atoms with Gasteiger partial charge in [-0.25, -0.2) is 18.7 Å². The van der Waals surface area contributed by atoms with E-state index < -0.39 is 17.2 Å². The van der Waals surface area contributed by atoms with Crippen molar-refractivity contribution in [3.05, 3.63) is 53.4 Å². The normalized spacial score (nSPS) is 25.2. The van der Waals surface area contributed by atoms with Crippen LogP contribution in [-0.2, 0) is 16.0 Å². The summed E-state index contributed by atoms with van der Waals surface area (Å²) < 4.78 is 33.7. The predicted molar refractivity (Wildman–Crippen MR) is 106 cm³/mol. The van der Waals surface area contributed by atoms with Crippen molar-refractivity contribution in [1.29, 1.82) is 0 Å². The van der Waals surface area contributed by atoms with Crippen molar-refractivity contribution in [2.24, 2.45) is 0 Å². The highest BCUT2D eigenvalue weighted by atomic mass is 19.1. The lowest BCUT2D eigenvalue weighted by molar-refractivity contribution is -0.140. The molecule has 0 radical (unpaired) electrons. The van der Waals surface area contributed by atoms with Crippen molar-refractivity contribution in [1.82, 2.24) is 14.9 Å². The van der Waals surface area contributed by atoms with Gasteiger partial charge in [0.1, 0.15) is 17.9 Å². The van der Waals surface area contributed by atoms with Crippen molar-refractivity contribution >= 4 is 11.9 Å². The number of hydrogen-bond acceptors (Lipinski definition) is 5. The smallest absolute Gasteiger partial charge is 0.257 e. The second kappa shape index (κ2) is 7.27. The van der Waals surface area contributed by atoms with Gasteiger partial charge in [-0.1, -0.05) is 6.92 Å². The molecule has 0 saturated carbocycles. The fourth-order valence-corrected chi connectivity index (χ4v) is 4.90. The number of benzene rings is 1. The maximum absolute atomic E-state index is 13.7. The molecule has 2 aromatic rings. The van der Waals surface area contributed by atoms with Crippen LogP contribution in [0.4, 0.5) is 14.7 Å². The summed E-state index contributed by atoms with van der Waals surface area (Å²) in [6.45, 7) is 3.30. The molecule has 3 aliphatic rings. The molecule has 158 valence electrons. The van der Waals surface area contributed by atoms with Gasteiger partial charge in [0.15, 0.2) is 5.60 Å². The Morgan fingerprint density at radius 2 is 1.77 bits per heavy atom. The number of fused-ring (bicyclic) bond motifs is 1. The molecule has 0 aliphatic carbocycles. The van der Waals surface area contributed by atoms with Crippen LogP contribution in [0.25, 0.3) is 0 Å². The van der Waals surface area contributed by atoms with Gasteiger partial charge in [0.25, 0.3) is 5.91 Å². The van der Waals surface area contributed by atoms with Gasteiger partial charge in [0.2, 0.25) is 5.95 Å². The Morgan fingerprint density at radius 1 is 1.10 bits per heavy atom. The number of aryl methyl sites for hydroxylation is 1. The summed E-state index contributed by atoms with van der Waals surface area (Å²) in [7, 11) is 0. The third-order valence-corrected chi connectivity index (χ3v) is 6.54. The number of ether oxygens (including phenoxy) is 1. The summed E-state index contributed by atoms with van der Waals surface area (Å²) in [5.41, 5.74) is 0.711. The fourth-order valence-electron chi connectivity index (χ4n) is 4.90. The van der Waals surface area contributed by atoms with Crippen LogP contribution in [0.2, 0.25) is 0 Å². The van der Waals surface area contributed by atoms with Crippen molar-refractivity contribution in [3.63, 3.8) is 0 Å². The number of aromatic nitrogens is 2. The van der Waals surface area contributed by atoms with Crippen LogP contribution in [0.15, 0.2) is 30.6 Å². The summed E-state index contributed by atoms with van der Waals surface area (Å²) in [4.78, 5) is 26.1. The molecule has 1 aromatic carbocycles. The molecule has 0 unspecified atom stereocenters. The number of nitrogens with zero attached hydrogens (tertiary/aromatic N) is 4. The number of hydrogen-bond donors (Lipinski definition) is 0. The van der Waals surface area contributed by atoms with Gasteiger partial charge in [-0.05, 0) is 42.5 Å². The number of halogens is 2. The average Bonchev–Trinajstić information content (AvgIpc) is 3.26. The van der Waals surface area contributed by atoms with E-state index in [1.165, 1.54) is 12.1 Å². The van der Waals surface area contributed by atoms with Crippen LogP contribution in [-0.4, -0.2) is 45.7 Å². The Balaban J connectivity index is 1.32. The Labute approximate surface area is 173 Å². The fraction of sp³-hybridized carbons (Fsp3) is 0.500. The molecule has 3 saturated heterocycles. The number of carbonyl (C=O) groups is 1. The molecule has 3 aliphatic heterocycles. The lowest BCUT2D eigenvalue weighted by atomic mass is 9.89. The number of amides is 1. The molecule has 0 N–H and O–H groups in total. The minimum atomic E-state index is -0.866. The van der Waals surface area contributed by atoms with Crippen LogP contribution >= 0.6 is 0 Å². The van der Waals surface area contributed by atoms with Crippen LogP contribution in [0, 0.1) is 11.6 Å². The second-order valence-electron chi connectivity index (χ2n) is 8.31. The predicted octanol–water partition coefficient (Wildman–Crippen LogP) is 3.38. The topological polar surface area (TPSA) is 58.6 Å². The Kier molecular flexibility index (Phi) is 4.69. The quantitative estimate of drug-likeness (QED) is 0.771. The SMILES string of the molecule is CCc1cnc(N2CCC3(CC2)O[C@@H]2CC[C@@H](c4cc(F)cc(F)c4)N2C3=O)nc1. The van der Waals surface area contributed by atoms with Crippen LogP contribution in [0.5, 0.6) is 0 Å². The van der Waals surface area contributed by atoms with Gasteiger partial charge < -0.3 is 14.5 Å². The van der Waals surface area contributed by atoms with Crippen molar-refractivity contribution in [2.75, 3.05) is 18.0 Å². The lowest BCUT2D eigenvalue weighted by Gasteiger charge is -2.37. The van der Waals surface area contributed by atoms with Gasteiger partial charge in [-0.15, -0.1) is 0 Å². The first-order valence-electron chi connectivity index (χ1n) is 10.5. The minimum absolute atomic E-state index is 0.0680. The van der Waals surface area contributed by atoms with E-state index in [1.54, 1.807) is 4.90 Å². The van der Waals surface area contributed by atoms with Crippen LogP contribution in [0.3, 0.4) is 0 Å². The molecule has 1 aromatic heterocycles. The summed E-state index contributed by atoms with van der Waals surface area (Å²) in [5, 5.41) is 0. The highest BCUT2D eigenvalue weighted by molar-refractivity contribution is 5.88. The maximum atomic E-state index is 13.7. The molecule has 1 amide bonds. The summed E-state index contributed by atoms with van der Waals surface area (Å²) in [5.74, 6) is -0.654. The Bertz CT molecular complexity index is 940. The van der Waals surface area contributed by atoms with E-state index in [2.05, 4.69) is 21.8 Å². The molecule has 6 nitrogen and oxygen atoms in total. The molecule has 0 bridgehead atoms. The zero-order valence-corrected chi connectivity index (χ0v) is 16.9. The molecule has 8 heteroatoms. The van der Waals surface area contributed by atoms with E-state index in [9.17, 15) is 13.6 Å². The van der Waals surface area contributed by atoms with Crippen molar-refractivity contribution in [3.8, 4) is 0 Å². The van der Waals surface area contributed by atoms with Gasteiger partial charge in [0.05, 0.1) is 6.04 Å². The highest BCUT2D eigenvalue weighted by Gasteiger charge is 2.58. The minimum Gasteiger partial charge on any atom is -0.342 e. The van der Waals surface area contributed by atoms with Gasteiger partial charge >= 0.3 is 0 Å². The maximum Gasteiger partial charge on any atom is 0.257 e. The Hall–Kier alpha value is -2.61. The molecule has 2 atom stereocenters. The first-order chi connectivity index (χ1) is 14.5. The van der Waals surface area contributed by atoms with Gasteiger partial charge in [-0.3, -0.25) is 4.79 Å². The lowest BCUT2D eigenvalue weighted by Crippen LogP contribution is -2.50. The van der Waals surface area contributed by atoms with Crippen molar-refractivity contribution < 1.29 is 18.3 Å². The van der Waals surface area contributed by atoms with E-state index in [4.69, 9.17) is 4.74 Å². The van der Waals surface area contributed by atoms with Crippen LogP contribution < -0.4 is 4.90 Å². The van der Waals surface area contributed by atoms with E-state index in [0.29, 0.717) is 50.3 Å². The first kappa shape index (κ1) is 19.4. The summed E-state index contributed by atoms with van der Waals surface area (Å²) in [6.07, 6.45) is 6.62. The van der Waals surface area contributed by atoms with E-state index in [0.717, 1.165) is 18.1 Å². The summed E-state index contributed by atoms with van der Waals surface area (Å²) >= 11 is 0. The van der Waals surface area contributed by atoms with Crippen molar-refractivity contribution in [2.45, 2.75) is 56.9 Å². The van der Waals surface area contributed by atoms with E-state index in [1.807, 2.05) is 12.4 Å². The third-order valence-electron chi connectivity index (χ3n) is 6.54. The average molecular weight is 414 g/mol. The van der Waals surface area contributed by atoms with E-state index in [-0.39, 0.29) is 18.2 Å². The first-order valence-corrected chi connectivity index (χ1v) is 10.5. The molecule has 3 fully saturated rings. The number of carbonyl (C=O) groups excluding carboxylic acids is 1. The molecular formula is C22H24F2N4O2. The van der Waals surface area contributed by atoms with Gasteiger partial charge in [-0.2, -0.15) is 0 Å². The number of piperidine rings is 1. The molecular weight excluding hydrogens is 390 g/mol. The standard InChI is InChI=1S/C22H24F2N4O2/c1-2-14-12-25-21(26-13-14)27-7-5-22(6-8-27)20(29)28-18(3-4-19(28)30-22)15-9-16(23)11-17(24)10-15/h9-13,18-19H,2-8H2,1H3/t18-,19+/m0/s1. The zero-order valence-electron chi connectivity index (χ0n) is 16.9. The van der Waals surface area contributed by atoms with Gasteiger partial charge in [0, 0.05) is 44.4 Å². The number of anilines is 1.